The lowest BCUT2D eigenvalue weighted by Crippen LogP contribution is -2.40. The first kappa shape index (κ1) is 15.4. The van der Waals surface area contributed by atoms with E-state index < -0.39 is 0 Å². The molecule has 1 aromatic rings. The minimum absolute atomic E-state index is 0.0361. The third-order valence-electron chi connectivity index (χ3n) is 5.73. The zero-order valence-electron chi connectivity index (χ0n) is 13.9. The first-order chi connectivity index (χ1) is 11.7. The number of carbonyl (C=O) groups is 2. The third kappa shape index (κ3) is 2.85. The van der Waals surface area contributed by atoms with Crippen molar-refractivity contribution >= 4 is 11.9 Å². The Hall–Kier alpha value is -2.11. The SMILES string of the molecule is O=C(NCc1cccnc1)[C@H]1C[C@]12CCN(C(=O)N1CCCC1)C2. The highest BCUT2D eigenvalue weighted by Gasteiger charge is 2.61. The van der Waals surface area contributed by atoms with E-state index in [0.29, 0.717) is 6.54 Å². The van der Waals surface area contributed by atoms with E-state index in [1.807, 2.05) is 21.9 Å². The number of urea groups is 1. The number of nitrogens with one attached hydrogen (secondary N) is 1. The van der Waals surface area contributed by atoms with E-state index in [-0.39, 0.29) is 23.3 Å². The molecule has 3 aliphatic rings. The predicted octanol–water partition coefficient (Wildman–Crippen LogP) is 1.63. The summed E-state index contributed by atoms with van der Waals surface area (Å²) in [6, 6.07) is 4.01. The van der Waals surface area contributed by atoms with Crippen molar-refractivity contribution in [1.29, 1.82) is 0 Å². The Bertz CT molecular complexity index is 629. The third-order valence-corrected chi connectivity index (χ3v) is 5.73. The van der Waals surface area contributed by atoms with Gasteiger partial charge in [-0.25, -0.2) is 4.79 Å². The lowest BCUT2D eigenvalue weighted by molar-refractivity contribution is -0.123. The summed E-state index contributed by atoms with van der Waals surface area (Å²) in [6.07, 6.45) is 7.60. The van der Waals surface area contributed by atoms with Gasteiger partial charge in [0, 0.05) is 56.5 Å². The van der Waals surface area contributed by atoms with Gasteiger partial charge >= 0.3 is 6.03 Å². The molecular formula is C18H24N4O2. The standard InChI is InChI=1S/C18H24N4O2/c23-16(20-12-14-4-3-6-19-11-14)15-10-18(15)5-9-22(13-18)17(24)21-7-1-2-8-21/h3-4,6,11,15H,1-2,5,7-10,12-13H2,(H,20,23)/t15-,18+/m1/s1. The number of aromatic nitrogens is 1. The van der Waals surface area contributed by atoms with E-state index in [1.54, 1.807) is 12.4 Å². The highest BCUT2D eigenvalue weighted by atomic mass is 16.2. The molecule has 6 nitrogen and oxygen atoms in total. The van der Waals surface area contributed by atoms with Gasteiger partial charge in [0.25, 0.3) is 0 Å². The molecule has 2 atom stereocenters. The van der Waals surface area contributed by atoms with E-state index in [4.69, 9.17) is 0 Å². The maximum Gasteiger partial charge on any atom is 0.320 e. The highest BCUT2D eigenvalue weighted by Crippen LogP contribution is 2.58. The Morgan fingerprint density at radius 3 is 2.83 bits per heavy atom. The minimum atomic E-state index is 0.0361. The molecule has 2 aliphatic heterocycles. The smallest absolute Gasteiger partial charge is 0.320 e. The molecule has 2 saturated heterocycles. The van der Waals surface area contributed by atoms with Crippen molar-refractivity contribution in [2.75, 3.05) is 26.2 Å². The normalized spacial score (nSPS) is 28.4. The zero-order chi connectivity index (χ0) is 16.6. The summed E-state index contributed by atoms with van der Waals surface area (Å²) in [7, 11) is 0. The molecule has 0 radical (unpaired) electrons. The monoisotopic (exact) mass is 328 g/mol. The number of hydrogen-bond donors (Lipinski definition) is 1. The van der Waals surface area contributed by atoms with E-state index in [0.717, 1.165) is 57.4 Å². The summed E-state index contributed by atoms with van der Waals surface area (Å²) in [5.74, 6) is 0.180. The first-order valence-corrected chi connectivity index (χ1v) is 8.88. The maximum atomic E-state index is 12.5. The van der Waals surface area contributed by atoms with Crippen LogP contribution in [0.1, 0.15) is 31.2 Å². The predicted molar refractivity (Wildman–Crippen MR) is 89.0 cm³/mol. The second-order valence-corrected chi connectivity index (χ2v) is 7.35. The van der Waals surface area contributed by atoms with Gasteiger partial charge in [0.15, 0.2) is 0 Å². The second kappa shape index (κ2) is 6.07. The molecule has 0 bridgehead atoms. The van der Waals surface area contributed by atoms with Gasteiger partial charge in [0.05, 0.1) is 0 Å². The molecule has 1 aliphatic carbocycles. The van der Waals surface area contributed by atoms with Gasteiger partial charge < -0.3 is 15.1 Å². The summed E-state index contributed by atoms with van der Waals surface area (Å²) in [6.45, 7) is 3.83. The van der Waals surface area contributed by atoms with Crippen LogP contribution in [0.4, 0.5) is 4.79 Å². The number of hydrogen-bond acceptors (Lipinski definition) is 3. The lowest BCUT2D eigenvalue weighted by atomic mass is 10.0. The van der Waals surface area contributed by atoms with Crippen molar-refractivity contribution in [2.45, 2.75) is 32.2 Å². The summed E-state index contributed by atoms with van der Waals surface area (Å²) in [4.78, 5) is 32.9. The number of rotatable bonds is 3. The molecule has 0 aromatic carbocycles. The van der Waals surface area contributed by atoms with Crippen LogP contribution in [0, 0.1) is 11.3 Å². The fraction of sp³-hybridized carbons (Fsp3) is 0.611. The molecule has 4 rings (SSSR count). The number of likely N-dealkylation sites (tertiary alicyclic amines) is 2. The molecule has 128 valence electrons. The molecule has 1 aromatic heterocycles. The number of nitrogens with zero attached hydrogens (tertiary/aromatic N) is 3. The first-order valence-electron chi connectivity index (χ1n) is 8.88. The Morgan fingerprint density at radius 1 is 1.25 bits per heavy atom. The quantitative estimate of drug-likeness (QED) is 0.917. The van der Waals surface area contributed by atoms with Crippen LogP contribution in [-0.2, 0) is 11.3 Å². The van der Waals surface area contributed by atoms with Crippen molar-refractivity contribution in [2.24, 2.45) is 11.3 Å². The van der Waals surface area contributed by atoms with Gasteiger partial charge in [0.1, 0.15) is 0 Å². The van der Waals surface area contributed by atoms with Gasteiger partial charge in [-0.05, 0) is 37.3 Å². The summed E-state index contributed by atoms with van der Waals surface area (Å²) < 4.78 is 0. The van der Waals surface area contributed by atoms with Crippen molar-refractivity contribution in [3.63, 3.8) is 0 Å². The number of pyridine rings is 1. The fourth-order valence-corrected chi connectivity index (χ4v) is 4.15. The number of amides is 3. The molecule has 24 heavy (non-hydrogen) atoms. The molecule has 1 saturated carbocycles. The van der Waals surface area contributed by atoms with E-state index in [2.05, 4.69) is 10.3 Å². The Kier molecular flexibility index (Phi) is 3.90. The largest absolute Gasteiger partial charge is 0.352 e. The van der Waals surface area contributed by atoms with E-state index in [1.165, 1.54) is 0 Å². The van der Waals surface area contributed by atoms with Crippen LogP contribution >= 0.6 is 0 Å². The van der Waals surface area contributed by atoms with Crippen molar-refractivity contribution in [3.05, 3.63) is 30.1 Å². The Morgan fingerprint density at radius 2 is 2.08 bits per heavy atom. The van der Waals surface area contributed by atoms with Crippen LogP contribution in [-0.4, -0.2) is 52.9 Å². The highest BCUT2D eigenvalue weighted by molar-refractivity contribution is 5.83. The van der Waals surface area contributed by atoms with Crippen LogP contribution in [0.2, 0.25) is 0 Å². The Balaban J connectivity index is 1.29. The number of carbonyl (C=O) groups excluding carboxylic acids is 2. The van der Waals surface area contributed by atoms with Crippen LogP contribution in [0.25, 0.3) is 0 Å². The molecule has 3 fully saturated rings. The van der Waals surface area contributed by atoms with Gasteiger partial charge in [-0.2, -0.15) is 0 Å². The maximum absolute atomic E-state index is 12.5. The molecule has 1 spiro atoms. The average molecular weight is 328 g/mol. The molecule has 3 amide bonds. The average Bonchev–Trinajstić information content (AvgIpc) is 2.98. The van der Waals surface area contributed by atoms with Crippen LogP contribution in [0.5, 0.6) is 0 Å². The topological polar surface area (TPSA) is 65.5 Å². The minimum Gasteiger partial charge on any atom is -0.352 e. The van der Waals surface area contributed by atoms with Gasteiger partial charge in [0.2, 0.25) is 5.91 Å². The summed E-state index contributed by atoms with van der Waals surface area (Å²) in [5, 5.41) is 3.02. The summed E-state index contributed by atoms with van der Waals surface area (Å²) in [5.41, 5.74) is 1.05. The van der Waals surface area contributed by atoms with Gasteiger partial charge in [-0.1, -0.05) is 6.07 Å². The van der Waals surface area contributed by atoms with Crippen molar-refractivity contribution in [3.8, 4) is 0 Å². The molecule has 1 N–H and O–H groups in total. The second-order valence-electron chi connectivity index (χ2n) is 7.35. The summed E-state index contributed by atoms with van der Waals surface area (Å²) >= 11 is 0. The lowest BCUT2D eigenvalue weighted by Gasteiger charge is -2.24. The van der Waals surface area contributed by atoms with Crippen LogP contribution < -0.4 is 5.32 Å². The van der Waals surface area contributed by atoms with Crippen LogP contribution in [0.3, 0.4) is 0 Å². The van der Waals surface area contributed by atoms with E-state index >= 15 is 0 Å². The zero-order valence-corrected chi connectivity index (χ0v) is 13.9. The van der Waals surface area contributed by atoms with Gasteiger partial charge in [-0.15, -0.1) is 0 Å². The van der Waals surface area contributed by atoms with Crippen molar-refractivity contribution in [1.82, 2.24) is 20.1 Å². The van der Waals surface area contributed by atoms with Crippen molar-refractivity contribution < 1.29 is 9.59 Å². The molecule has 0 unspecified atom stereocenters. The Labute approximate surface area is 142 Å². The molecule has 3 heterocycles. The van der Waals surface area contributed by atoms with E-state index in [9.17, 15) is 9.59 Å². The fourth-order valence-electron chi connectivity index (χ4n) is 4.15. The molecular weight excluding hydrogens is 304 g/mol. The van der Waals surface area contributed by atoms with Crippen LogP contribution in [0.15, 0.2) is 24.5 Å². The van der Waals surface area contributed by atoms with Gasteiger partial charge in [-0.3, -0.25) is 9.78 Å². The molecule has 6 heteroatoms.